The molecule has 0 saturated heterocycles. The van der Waals surface area contributed by atoms with Crippen LogP contribution in [0.25, 0.3) is 0 Å². The number of rotatable bonds is 4. The Morgan fingerprint density at radius 2 is 2.32 bits per heavy atom. The fraction of sp³-hybridized carbons (Fsp3) is 0.286. The Morgan fingerprint density at radius 1 is 1.53 bits per heavy atom. The molecule has 0 unspecified atom stereocenters. The number of carbonyl (C=O) groups is 1. The maximum Gasteiger partial charge on any atom is 0.355 e. The van der Waals surface area contributed by atoms with Crippen molar-refractivity contribution in [1.29, 1.82) is 0 Å². The predicted molar refractivity (Wildman–Crippen MR) is 72.6 cm³/mol. The standard InChI is InChI=1S/C14H17N3O2/c1-3-17-8-11(15)7-13(17)14(18)19-9-12-10(2)5-4-6-16-12/h4-8H,3,9,15H2,1-2H3. The van der Waals surface area contributed by atoms with Gasteiger partial charge in [-0.3, -0.25) is 4.98 Å². The lowest BCUT2D eigenvalue weighted by Crippen LogP contribution is -2.12. The second-order valence-corrected chi connectivity index (χ2v) is 4.29. The number of hydrogen-bond donors (Lipinski definition) is 1. The van der Waals surface area contributed by atoms with Gasteiger partial charge in [-0.2, -0.15) is 0 Å². The van der Waals surface area contributed by atoms with Crippen molar-refractivity contribution in [2.24, 2.45) is 0 Å². The second kappa shape index (κ2) is 5.56. The third kappa shape index (κ3) is 2.93. The van der Waals surface area contributed by atoms with Gasteiger partial charge in [0.2, 0.25) is 0 Å². The van der Waals surface area contributed by atoms with Crippen LogP contribution < -0.4 is 5.73 Å². The van der Waals surface area contributed by atoms with Crippen LogP contribution in [0, 0.1) is 6.92 Å². The third-order valence-corrected chi connectivity index (χ3v) is 2.93. The minimum Gasteiger partial charge on any atom is -0.454 e. The average Bonchev–Trinajstić information content (AvgIpc) is 2.79. The number of aryl methyl sites for hydroxylation is 2. The molecule has 0 amide bonds. The Bertz CT molecular complexity index is 590. The van der Waals surface area contributed by atoms with E-state index >= 15 is 0 Å². The number of nitrogens with two attached hydrogens (primary N) is 1. The van der Waals surface area contributed by atoms with Gasteiger partial charge >= 0.3 is 5.97 Å². The molecule has 2 aromatic heterocycles. The molecule has 0 saturated carbocycles. The van der Waals surface area contributed by atoms with E-state index in [-0.39, 0.29) is 12.6 Å². The van der Waals surface area contributed by atoms with Gasteiger partial charge in [0.25, 0.3) is 0 Å². The average molecular weight is 259 g/mol. The monoisotopic (exact) mass is 259 g/mol. The number of pyridine rings is 1. The SMILES string of the molecule is CCn1cc(N)cc1C(=O)OCc1ncccc1C. The number of ether oxygens (including phenoxy) is 1. The van der Waals surface area contributed by atoms with Crippen molar-refractivity contribution in [3.05, 3.63) is 47.5 Å². The maximum absolute atomic E-state index is 12.0. The van der Waals surface area contributed by atoms with Crippen molar-refractivity contribution in [3.8, 4) is 0 Å². The van der Waals surface area contributed by atoms with Gasteiger partial charge in [-0.25, -0.2) is 4.79 Å². The van der Waals surface area contributed by atoms with Gasteiger partial charge in [-0.1, -0.05) is 6.07 Å². The zero-order valence-corrected chi connectivity index (χ0v) is 11.1. The lowest BCUT2D eigenvalue weighted by atomic mass is 10.2. The zero-order valence-electron chi connectivity index (χ0n) is 11.1. The van der Waals surface area contributed by atoms with Crippen LogP contribution in [0.15, 0.2) is 30.6 Å². The van der Waals surface area contributed by atoms with Crippen LogP contribution in [-0.2, 0) is 17.9 Å². The van der Waals surface area contributed by atoms with Gasteiger partial charge in [0.1, 0.15) is 12.3 Å². The van der Waals surface area contributed by atoms with E-state index in [1.807, 2.05) is 26.0 Å². The molecule has 0 aliphatic rings. The molecule has 0 fully saturated rings. The number of nitrogens with zero attached hydrogens (tertiary/aromatic N) is 2. The molecule has 0 aromatic carbocycles. The molecule has 19 heavy (non-hydrogen) atoms. The smallest absolute Gasteiger partial charge is 0.355 e. The summed E-state index contributed by atoms with van der Waals surface area (Å²) in [5, 5.41) is 0. The first-order chi connectivity index (χ1) is 9.11. The number of aromatic nitrogens is 2. The molecular weight excluding hydrogens is 242 g/mol. The molecule has 5 heteroatoms. The molecule has 0 atom stereocenters. The summed E-state index contributed by atoms with van der Waals surface area (Å²) in [6, 6.07) is 5.41. The first kappa shape index (κ1) is 13.1. The fourth-order valence-electron chi connectivity index (χ4n) is 1.84. The van der Waals surface area contributed by atoms with Crippen molar-refractivity contribution in [3.63, 3.8) is 0 Å². The number of nitrogen functional groups attached to an aromatic ring is 1. The van der Waals surface area contributed by atoms with Gasteiger partial charge in [0, 0.05) is 18.9 Å². The molecule has 5 nitrogen and oxygen atoms in total. The highest BCUT2D eigenvalue weighted by molar-refractivity contribution is 5.89. The minimum absolute atomic E-state index is 0.167. The molecule has 2 aromatic rings. The first-order valence-corrected chi connectivity index (χ1v) is 6.15. The Labute approximate surface area is 112 Å². The largest absolute Gasteiger partial charge is 0.454 e. The van der Waals surface area contributed by atoms with E-state index in [1.165, 1.54) is 0 Å². The van der Waals surface area contributed by atoms with E-state index in [0.717, 1.165) is 11.3 Å². The van der Waals surface area contributed by atoms with Crippen LogP contribution in [0.5, 0.6) is 0 Å². The zero-order chi connectivity index (χ0) is 13.8. The number of anilines is 1. The summed E-state index contributed by atoms with van der Waals surface area (Å²) in [4.78, 5) is 16.2. The molecule has 0 radical (unpaired) electrons. The third-order valence-electron chi connectivity index (χ3n) is 2.93. The summed E-state index contributed by atoms with van der Waals surface area (Å²) in [6.45, 7) is 4.71. The van der Waals surface area contributed by atoms with Gasteiger partial charge in [-0.05, 0) is 31.5 Å². The van der Waals surface area contributed by atoms with Gasteiger partial charge < -0.3 is 15.0 Å². The van der Waals surface area contributed by atoms with Crippen LogP contribution in [0.1, 0.15) is 28.7 Å². The Balaban J connectivity index is 2.07. The predicted octanol–water partition coefficient (Wildman–Crippen LogP) is 2.15. The quantitative estimate of drug-likeness (QED) is 0.854. The number of esters is 1. The van der Waals surface area contributed by atoms with Gasteiger partial charge in [0.05, 0.1) is 11.4 Å². The number of hydrogen-bond acceptors (Lipinski definition) is 4. The van der Waals surface area contributed by atoms with Crippen molar-refractivity contribution in [2.45, 2.75) is 27.0 Å². The van der Waals surface area contributed by atoms with Crippen molar-refractivity contribution >= 4 is 11.7 Å². The molecule has 0 aliphatic carbocycles. The van der Waals surface area contributed by atoms with Crippen LogP contribution >= 0.6 is 0 Å². The highest BCUT2D eigenvalue weighted by Gasteiger charge is 2.14. The minimum atomic E-state index is -0.386. The molecule has 0 aliphatic heterocycles. The first-order valence-electron chi connectivity index (χ1n) is 6.15. The second-order valence-electron chi connectivity index (χ2n) is 4.29. The van der Waals surface area contributed by atoms with E-state index in [1.54, 1.807) is 23.0 Å². The van der Waals surface area contributed by atoms with Crippen LogP contribution in [0.3, 0.4) is 0 Å². The van der Waals surface area contributed by atoms with Crippen molar-refractivity contribution in [1.82, 2.24) is 9.55 Å². The van der Waals surface area contributed by atoms with E-state index in [0.29, 0.717) is 17.9 Å². The topological polar surface area (TPSA) is 70.1 Å². The molecule has 2 rings (SSSR count). The van der Waals surface area contributed by atoms with Gasteiger partial charge in [0.15, 0.2) is 0 Å². The fourth-order valence-corrected chi connectivity index (χ4v) is 1.84. The molecule has 0 spiro atoms. The molecule has 100 valence electrons. The Kier molecular flexibility index (Phi) is 3.85. The lowest BCUT2D eigenvalue weighted by molar-refractivity contribution is 0.0454. The highest BCUT2D eigenvalue weighted by atomic mass is 16.5. The number of carbonyl (C=O) groups excluding carboxylic acids is 1. The van der Waals surface area contributed by atoms with E-state index in [2.05, 4.69) is 4.98 Å². The van der Waals surface area contributed by atoms with Crippen molar-refractivity contribution < 1.29 is 9.53 Å². The van der Waals surface area contributed by atoms with Crippen molar-refractivity contribution in [2.75, 3.05) is 5.73 Å². The summed E-state index contributed by atoms with van der Waals surface area (Å²) in [7, 11) is 0. The Morgan fingerprint density at radius 3 is 3.00 bits per heavy atom. The Hall–Kier alpha value is -2.30. The van der Waals surface area contributed by atoms with E-state index in [9.17, 15) is 4.79 Å². The van der Waals surface area contributed by atoms with E-state index < -0.39 is 0 Å². The van der Waals surface area contributed by atoms with E-state index in [4.69, 9.17) is 10.5 Å². The molecule has 2 heterocycles. The molecular formula is C14H17N3O2. The summed E-state index contributed by atoms with van der Waals surface area (Å²) < 4.78 is 7.04. The summed E-state index contributed by atoms with van der Waals surface area (Å²) in [5.74, 6) is -0.386. The molecule has 2 N–H and O–H groups in total. The summed E-state index contributed by atoms with van der Waals surface area (Å²) in [6.07, 6.45) is 3.41. The van der Waals surface area contributed by atoms with Crippen LogP contribution in [0.4, 0.5) is 5.69 Å². The normalized spacial score (nSPS) is 10.4. The molecule has 0 bridgehead atoms. The van der Waals surface area contributed by atoms with Gasteiger partial charge in [-0.15, -0.1) is 0 Å². The maximum atomic E-state index is 12.0. The lowest BCUT2D eigenvalue weighted by Gasteiger charge is -2.08. The van der Waals surface area contributed by atoms with Crippen LogP contribution in [-0.4, -0.2) is 15.5 Å². The van der Waals surface area contributed by atoms with Crippen LogP contribution in [0.2, 0.25) is 0 Å². The summed E-state index contributed by atoms with van der Waals surface area (Å²) >= 11 is 0. The summed E-state index contributed by atoms with van der Waals surface area (Å²) in [5.41, 5.74) is 8.47. The highest BCUT2D eigenvalue weighted by Crippen LogP contribution is 2.13.